The number of hydrogen-bond donors (Lipinski definition) is 1. The Morgan fingerprint density at radius 1 is 1.30 bits per heavy atom. The molecule has 1 aliphatic rings. The van der Waals surface area contributed by atoms with Gasteiger partial charge < -0.3 is 10.1 Å². The third-order valence-electron chi connectivity index (χ3n) is 5.25. The Morgan fingerprint density at radius 3 is 2.74 bits per heavy atom. The van der Waals surface area contributed by atoms with Gasteiger partial charge in [0.2, 0.25) is 5.91 Å². The molecule has 0 heterocycles. The van der Waals surface area contributed by atoms with E-state index in [0.717, 1.165) is 24.2 Å². The Kier molecular flexibility index (Phi) is 6.49. The first-order valence-electron chi connectivity index (χ1n) is 8.92. The van der Waals surface area contributed by atoms with Crippen LogP contribution in [-0.2, 0) is 11.2 Å². The van der Waals surface area contributed by atoms with E-state index in [1.54, 1.807) is 7.11 Å². The van der Waals surface area contributed by atoms with Crippen molar-refractivity contribution in [2.45, 2.75) is 46.5 Å². The minimum Gasteiger partial charge on any atom is -0.496 e. The van der Waals surface area contributed by atoms with E-state index in [0.29, 0.717) is 24.3 Å². The lowest BCUT2D eigenvalue weighted by atomic mass is 9.70. The molecule has 0 unspecified atom stereocenters. The molecule has 0 radical (unpaired) electrons. The summed E-state index contributed by atoms with van der Waals surface area (Å²) in [5.74, 6) is 3.08. The predicted molar refractivity (Wildman–Crippen MR) is 94.5 cm³/mol. The molecule has 0 aliphatic heterocycles. The lowest BCUT2D eigenvalue weighted by molar-refractivity contribution is -0.129. The molecule has 1 amide bonds. The summed E-state index contributed by atoms with van der Waals surface area (Å²) in [6, 6.07) is 8.01. The van der Waals surface area contributed by atoms with E-state index in [1.165, 1.54) is 12.8 Å². The molecule has 2 rings (SSSR count). The predicted octanol–water partition coefficient (Wildman–Crippen LogP) is 4.06. The van der Waals surface area contributed by atoms with Gasteiger partial charge in [0.05, 0.1) is 7.11 Å². The second-order valence-corrected chi connectivity index (χ2v) is 7.29. The first kappa shape index (κ1) is 17.8. The van der Waals surface area contributed by atoms with Crippen molar-refractivity contribution in [2.24, 2.45) is 23.7 Å². The molecule has 3 heteroatoms. The molecular formula is C20H31NO2. The summed E-state index contributed by atoms with van der Waals surface area (Å²) >= 11 is 0. The molecule has 1 saturated carbocycles. The topological polar surface area (TPSA) is 38.3 Å². The molecule has 128 valence electrons. The van der Waals surface area contributed by atoms with E-state index in [2.05, 4.69) is 32.2 Å². The summed E-state index contributed by atoms with van der Waals surface area (Å²) < 4.78 is 5.37. The lowest BCUT2D eigenvalue weighted by Gasteiger charge is -2.36. The van der Waals surface area contributed by atoms with Crippen molar-refractivity contribution in [2.75, 3.05) is 13.7 Å². The van der Waals surface area contributed by atoms with E-state index < -0.39 is 0 Å². The van der Waals surface area contributed by atoms with Gasteiger partial charge in [0.25, 0.3) is 0 Å². The summed E-state index contributed by atoms with van der Waals surface area (Å²) in [6.07, 6.45) is 4.28. The van der Waals surface area contributed by atoms with Crippen molar-refractivity contribution in [3.05, 3.63) is 29.8 Å². The smallest absolute Gasteiger partial charge is 0.223 e. The second-order valence-electron chi connectivity index (χ2n) is 7.29. The SMILES string of the molecule is COc1ccccc1CCNC(=O)[C@@H]1C[C@H](C)CC[C@H]1C(C)C. The van der Waals surface area contributed by atoms with Crippen molar-refractivity contribution < 1.29 is 9.53 Å². The van der Waals surface area contributed by atoms with Crippen molar-refractivity contribution in [1.29, 1.82) is 0 Å². The fourth-order valence-electron chi connectivity index (χ4n) is 3.86. The highest BCUT2D eigenvalue weighted by Crippen LogP contribution is 2.38. The van der Waals surface area contributed by atoms with Crippen LogP contribution in [0.25, 0.3) is 0 Å². The van der Waals surface area contributed by atoms with Crippen LogP contribution in [0.1, 0.15) is 45.6 Å². The number of benzene rings is 1. The number of amides is 1. The largest absolute Gasteiger partial charge is 0.496 e. The van der Waals surface area contributed by atoms with Crippen molar-refractivity contribution in [1.82, 2.24) is 5.32 Å². The van der Waals surface area contributed by atoms with Crippen LogP contribution < -0.4 is 10.1 Å². The quantitative estimate of drug-likeness (QED) is 0.859. The molecule has 23 heavy (non-hydrogen) atoms. The zero-order valence-electron chi connectivity index (χ0n) is 15.0. The fourth-order valence-corrected chi connectivity index (χ4v) is 3.86. The van der Waals surface area contributed by atoms with Gasteiger partial charge in [-0.2, -0.15) is 0 Å². The van der Waals surface area contributed by atoms with Gasteiger partial charge in [0.15, 0.2) is 0 Å². The number of methoxy groups -OCH3 is 1. The van der Waals surface area contributed by atoms with E-state index in [4.69, 9.17) is 4.74 Å². The maximum absolute atomic E-state index is 12.7. The molecule has 1 aromatic carbocycles. The minimum absolute atomic E-state index is 0.177. The zero-order chi connectivity index (χ0) is 16.8. The number of ether oxygens (including phenoxy) is 1. The second kappa shape index (κ2) is 8.37. The molecule has 1 N–H and O–H groups in total. The normalized spacial score (nSPS) is 24.5. The number of carbonyl (C=O) groups excluding carboxylic acids is 1. The molecule has 3 atom stereocenters. The van der Waals surface area contributed by atoms with Gasteiger partial charge in [0, 0.05) is 12.5 Å². The molecular weight excluding hydrogens is 286 g/mol. The molecule has 0 bridgehead atoms. The highest BCUT2D eigenvalue weighted by molar-refractivity contribution is 5.79. The van der Waals surface area contributed by atoms with Gasteiger partial charge in [-0.3, -0.25) is 4.79 Å². The van der Waals surface area contributed by atoms with Crippen LogP contribution in [0.15, 0.2) is 24.3 Å². The lowest BCUT2D eigenvalue weighted by Crippen LogP contribution is -2.40. The average molecular weight is 317 g/mol. The maximum Gasteiger partial charge on any atom is 0.223 e. The van der Waals surface area contributed by atoms with E-state index in [1.807, 2.05) is 18.2 Å². The van der Waals surface area contributed by atoms with E-state index >= 15 is 0 Å². The number of para-hydroxylation sites is 1. The van der Waals surface area contributed by atoms with E-state index in [-0.39, 0.29) is 11.8 Å². The molecule has 0 saturated heterocycles. The average Bonchev–Trinajstić information content (AvgIpc) is 2.54. The van der Waals surface area contributed by atoms with Crippen LogP contribution in [-0.4, -0.2) is 19.6 Å². The summed E-state index contributed by atoms with van der Waals surface area (Å²) in [6.45, 7) is 7.44. The van der Waals surface area contributed by atoms with Crippen molar-refractivity contribution in [3.8, 4) is 5.75 Å². The Hall–Kier alpha value is -1.51. The molecule has 0 spiro atoms. The maximum atomic E-state index is 12.7. The van der Waals surface area contributed by atoms with Gasteiger partial charge in [-0.15, -0.1) is 0 Å². The Balaban J connectivity index is 1.90. The summed E-state index contributed by atoms with van der Waals surface area (Å²) in [4.78, 5) is 12.7. The highest BCUT2D eigenvalue weighted by atomic mass is 16.5. The van der Waals surface area contributed by atoms with Gasteiger partial charge in [-0.1, -0.05) is 45.4 Å². The first-order valence-corrected chi connectivity index (χ1v) is 8.92. The monoisotopic (exact) mass is 317 g/mol. The van der Waals surface area contributed by atoms with Crippen LogP contribution >= 0.6 is 0 Å². The minimum atomic E-state index is 0.177. The fraction of sp³-hybridized carbons (Fsp3) is 0.650. The molecule has 1 aromatic rings. The van der Waals surface area contributed by atoms with Crippen LogP contribution in [0.3, 0.4) is 0 Å². The number of rotatable bonds is 6. The Labute approximate surface area is 140 Å². The third-order valence-corrected chi connectivity index (χ3v) is 5.25. The molecule has 0 aromatic heterocycles. The van der Waals surface area contributed by atoms with Crippen LogP contribution in [0.2, 0.25) is 0 Å². The van der Waals surface area contributed by atoms with Gasteiger partial charge >= 0.3 is 0 Å². The van der Waals surface area contributed by atoms with E-state index in [9.17, 15) is 4.79 Å². The van der Waals surface area contributed by atoms with Crippen LogP contribution in [0, 0.1) is 23.7 Å². The van der Waals surface area contributed by atoms with Gasteiger partial charge in [0.1, 0.15) is 5.75 Å². The third kappa shape index (κ3) is 4.73. The van der Waals surface area contributed by atoms with Crippen LogP contribution in [0.4, 0.5) is 0 Å². The standard InChI is InChI=1S/C20H31NO2/c1-14(2)17-10-9-15(3)13-18(17)20(22)21-12-11-16-7-5-6-8-19(16)23-4/h5-8,14-15,17-18H,9-13H2,1-4H3,(H,21,22)/t15-,17+,18-/m1/s1. The van der Waals surface area contributed by atoms with Crippen molar-refractivity contribution >= 4 is 5.91 Å². The molecule has 1 fully saturated rings. The first-order chi connectivity index (χ1) is 11.0. The zero-order valence-corrected chi connectivity index (χ0v) is 15.0. The van der Waals surface area contributed by atoms with Crippen LogP contribution in [0.5, 0.6) is 5.75 Å². The summed E-state index contributed by atoms with van der Waals surface area (Å²) in [5, 5.41) is 3.16. The summed E-state index contributed by atoms with van der Waals surface area (Å²) in [5.41, 5.74) is 1.15. The van der Waals surface area contributed by atoms with Crippen molar-refractivity contribution in [3.63, 3.8) is 0 Å². The molecule has 3 nitrogen and oxygen atoms in total. The number of nitrogens with one attached hydrogen (secondary N) is 1. The summed E-state index contributed by atoms with van der Waals surface area (Å²) in [7, 11) is 1.69. The van der Waals surface area contributed by atoms with Gasteiger partial charge in [-0.25, -0.2) is 0 Å². The highest BCUT2D eigenvalue weighted by Gasteiger charge is 2.35. The Bertz CT molecular complexity index is 512. The molecule has 1 aliphatic carbocycles. The number of carbonyl (C=O) groups is 1. The van der Waals surface area contributed by atoms with Gasteiger partial charge in [-0.05, 0) is 48.6 Å². The Morgan fingerprint density at radius 2 is 2.04 bits per heavy atom. The number of hydrogen-bond acceptors (Lipinski definition) is 2.